The molecule has 7 heteroatoms. The summed E-state index contributed by atoms with van der Waals surface area (Å²) in [6.45, 7) is 15.9. The molecule has 0 saturated carbocycles. The van der Waals surface area contributed by atoms with Crippen molar-refractivity contribution in [2.75, 3.05) is 26.2 Å². The number of carbonyl (C=O) groups is 2. The van der Waals surface area contributed by atoms with Gasteiger partial charge in [-0.15, -0.1) is 0 Å². The molecule has 0 bridgehead atoms. The van der Waals surface area contributed by atoms with Gasteiger partial charge in [0.15, 0.2) is 5.69 Å². The highest BCUT2D eigenvalue weighted by atomic mass is 16.5. The summed E-state index contributed by atoms with van der Waals surface area (Å²) >= 11 is 0. The van der Waals surface area contributed by atoms with E-state index in [0.717, 1.165) is 37.2 Å². The molecular formula is C19H26N2O5. The molecule has 0 radical (unpaired) electrons. The van der Waals surface area contributed by atoms with Crippen LogP contribution in [0, 0.1) is 18.4 Å². The summed E-state index contributed by atoms with van der Waals surface area (Å²) in [6, 6.07) is 7.35. The van der Waals surface area contributed by atoms with Gasteiger partial charge in [0, 0.05) is 19.6 Å². The number of hydrogen-bond donors (Lipinski definition) is 2. The first kappa shape index (κ1) is 21.5. The fourth-order valence-electron chi connectivity index (χ4n) is 3.07. The second-order valence-corrected chi connectivity index (χ2v) is 6.62. The van der Waals surface area contributed by atoms with Gasteiger partial charge in [0.05, 0.1) is 13.2 Å². The molecule has 1 aliphatic rings. The predicted octanol–water partition coefficient (Wildman–Crippen LogP) is 3.14. The van der Waals surface area contributed by atoms with Crippen molar-refractivity contribution < 1.29 is 24.5 Å². The van der Waals surface area contributed by atoms with E-state index < -0.39 is 11.9 Å². The third kappa shape index (κ3) is 8.49. The summed E-state index contributed by atoms with van der Waals surface area (Å²) in [6.07, 6.45) is 2.42. The van der Waals surface area contributed by atoms with Gasteiger partial charge in [0.25, 0.3) is 0 Å². The number of benzene rings is 1. The van der Waals surface area contributed by atoms with Gasteiger partial charge < -0.3 is 19.8 Å². The Kier molecular flexibility index (Phi) is 9.17. The van der Waals surface area contributed by atoms with Gasteiger partial charge in [-0.05, 0) is 36.8 Å². The summed E-state index contributed by atoms with van der Waals surface area (Å²) in [5.74, 6) is -1.15. The van der Waals surface area contributed by atoms with Crippen molar-refractivity contribution in [2.45, 2.75) is 26.7 Å². The first-order valence-electron chi connectivity index (χ1n) is 8.60. The number of nitrogens with zero attached hydrogens (tertiary/aromatic N) is 2. The molecule has 0 amide bonds. The lowest BCUT2D eigenvalue weighted by molar-refractivity contribution is -0.159. The number of ether oxygens (including phenoxy) is 1. The third-order valence-corrected chi connectivity index (χ3v) is 3.98. The molecule has 1 aliphatic heterocycles. The normalized spacial score (nSPS) is 19.6. The van der Waals surface area contributed by atoms with Crippen LogP contribution in [0.4, 0.5) is 5.69 Å². The molecule has 2 N–H and O–H groups in total. The fourth-order valence-corrected chi connectivity index (χ4v) is 3.07. The Bertz CT molecular complexity index is 602. The zero-order valence-corrected chi connectivity index (χ0v) is 15.2. The Morgan fingerprint density at radius 2 is 1.69 bits per heavy atom. The van der Waals surface area contributed by atoms with E-state index in [9.17, 15) is 0 Å². The summed E-state index contributed by atoms with van der Waals surface area (Å²) in [5, 5.41) is 14.8. The van der Waals surface area contributed by atoms with Crippen molar-refractivity contribution in [1.82, 2.24) is 4.90 Å². The summed E-state index contributed by atoms with van der Waals surface area (Å²) in [7, 11) is 0. The first-order chi connectivity index (χ1) is 12.3. The molecule has 0 aliphatic carbocycles. The molecule has 1 fully saturated rings. The number of aliphatic carboxylic acids is 2. The second kappa shape index (κ2) is 11.1. The maximum atomic E-state index is 9.10. The largest absolute Gasteiger partial charge is 0.494 e. The van der Waals surface area contributed by atoms with Gasteiger partial charge in [-0.25, -0.2) is 14.4 Å². The van der Waals surface area contributed by atoms with E-state index in [1.807, 2.05) is 12.1 Å². The van der Waals surface area contributed by atoms with Crippen LogP contribution in [0.2, 0.25) is 0 Å². The highest BCUT2D eigenvalue weighted by molar-refractivity contribution is 6.27. The Labute approximate surface area is 154 Å². The molecule has 142 valence electrons. The van der Waals surface area contributed by atoms with Crippen molar-refractivity contribution >= 4 is 17.6 Å². The van der Waals surface area contributed by atoms with Crippen LogP contribution < -0.4 is 4.74 Å². The molecule has 1 heterocycles. The molecule has 1 aromatic carbocycles. The lowest BCUT2D eigenvalue weighted by Crippen LogP contribution is -2.39. The molecule has 0 aromatic heterocycles. The highest BCUT2D eigenvalue weighted by Crippen LogP contribution is 2.21. The zero-order valence-electron chi connectivity index (χ0n) is 15.2. The zero-order chi connectivity index (χ0) is 19.5. The first-order valence-corrected chi connectivity index (χ1v) is 8.60. The number of carboxylic acid groups (broad SMARTS) is 2. The number of carboxylic acids is 2. The maximum absolute atomic E-state index is 9.10. The number of likely N-dealkylation sites (tertiary alicyclic amines) is 1. The van der Waals surface area contributed by atoms with Crippen LogP contribution in [0.1, 0.15) is 26.7 Å². The van der Waals surface area contributed by atoms with Crippen molar-refractivity contribution in [3.05, 3.63) is 35.7 Å². The summed E-state index contributed by atoms with van der Waals surface area (Å²) in [4.78, 5) is 24.1. The molecule has 1 saturated heterocycles. The van der Waals surface area contributed by atoms with Crippen molar-refractivity contribution in [1.29, 1.82) is 0 Å². The smallest absolute Gasteiger partial charge is 0.414 e. The van der Waals surface area contributed by atoms with E-state index >= 15 is 0 Å². The third-order valence-electron chi connectivity index (χ3n) is 3.98. The van der Waals surface area contributed by atoms with Gasteiger partial charge in [-0.2, -0.15) is 0 Å². The van der Waals surface area contributed by atoms with Crippen LogP contribution in [0.25, 0.3) is 4.85 Å². The minimum absolute atomic E-state index is 0.661. The summed E-state index contributed by atoms with van der Waals surface area (Å²) in [5.41, 5.74) is 0.661. The van der Waals surface area contributed by atoms with Crippen LogP contribution in [-0.2, 0) is 9.59 Å². The minimum Gasteiger partial charge on any atom is -0.494 e. The number of piperidine rings is 1. The average Bonchev–Trinajstić information content (AvgIpc) is 2.59. The Balaban J connectivity index is 0.000000487. The average molecular weight is 362 g/mol. The second-order valence-electron chi connectivity index (χ2n) is 6.62. The number of rotatable bonds is 5. The monoisotopic (exact) mass is 362 g/mol. The van der Waals surface area contributed by atoms with Crippen LogP contribution in [0.15, 0.2) is 24.3 Å². The van der Waals surface area contributed by atoms with E-state index in [-0.39, 0.29) is 0 Å². The van der Waals surface area contributed by atoms with Crippen LogP contribution in [0.5, 0.6) is 5.75 Å². The molecule has 0 spiro atoms. The molecule has 26 heavy (non-hydrogen) atoms. The van der Waals surface area contributed by atoms with E-state index in [1.54, 1.807) is 12.1 Å². The van der Waals surface area contributed by atoms with Crippen molar-refractivity contribution in [3.8, 4) is 5.75 Å². The van der Waals surface area contributed by atoms with Crippen molar-refractivity contribution in [3.63, 3.8) is 0 Å². The Morgan fingerprint density at radius 3 is 2.15 bits per heavy atom. The lowest BCUT2D eigenvalue weighted by Gasteiger charge is -2.34. The van der Waals surface area contributed by atoms with Crippen LogP contribution in [0.3, 0.4) is 0 Å². The molecular weight excluding hydrogens is 336 g/mol. The van der Waals surface area contributed by atoms with E-state index in [4.69, 9.17) is 31.1 Å². The van der Waals surface area contributed by atoms with Gasteiger partial charge in [-0.1, -0.05) is 26.0 Å². The predicted molar refractivity (Wildman–Crippen MR) is 97.5 cm³/mol. The molecule has 2 rings (SSSR count). The minimum atomic E-state index is -1.82. The molecule has 2 unspecified atom stereocenters. The SMILES string of the molecule is O=C(O)C(=O)O.[C-]#[N+]c1ccc(OCCCN2CC(C)CC(C)C2)cc1. The molecule has 1 aromatic rings. The van der Waals surface area contributed by atoms with Gasteiger partial charge in [0.2, 0.25) is 0 Å². The van der Waals surface area contributed by atoms with Crippen LogP contribution in [-0.4, -0.2) is 53.3 Å². The highest BCUT2D eigenvalue weighted by Gasteiger charge is 2.20. The number of hydrogen-bond acceptors (Lipinski definition) is 4. The fraction of sp³-hybridized carbons (Fsp3) is 0.526. The topological polar surface area (TPSA) is 91.4 Å². The quantitative estimate of drug-likeness (QED) is 0.475. The Morgan fingerprint density at radius 1 is 1.15 bits per heavy atom. The summed E-state index contributed by atoms with van der Waals surface area (Å²) < 4.78 is 5.72. The van der Waals surface area contributed by atoms with Gasteiger partial charge in [-0.3, -0.25) is 0 Å². The van der Waals surface area contributed by atoms with Crippen molar-refractivity contribution in [2.24, 2.45) is 11.8 Å². The van der Waals surface area contributed by atoms with E-state index in [1.165, 1.54) is 19.5 Å². The Hall–Kier alpha value is -2.59. The standard InChI is InChI=1S/C17H24N2O.C2H2O4/c1-14-11-15(2)13-19(12-14)9-4-10-20-17-7-5-16(18-3)6-8-17;3-1(4)2(5)6/h5-8,14-15H,4,9-13H2,1-2H3;(H,3,4)(H,5,6). The molecule has 7 nitrogen and oxygen atoms in total. The lowest BCUT2D eigenvalue weighted by atomic mass is 9.92. The van der Waals surface area contributed by atoms with E-state index in [0.29, 0.717) is 5.69 Å². The van der Waals surface area contributed by atoms with E-state index in [2.05, 4.69) is 23.6 Å². The molecule has 2 atom stereocenters. The maximum Gasteiger partial charge on any atom is 0.414 e. The van der Waals surface area contributed by atoms with Crippen LogP contribution >= 0.6 is 0 Å². The van der Waals surface area contributed by atoms with Gasteiger partial charge in [0.1, 0.15) is 5.75 Å². The van der Waals surface area contributed by atoms with Gasteiger partial charge >= 0.3 is 11.9 Å².